The van der Waals surface area contributed by atoms with Gasteiger partial charge >= 0.3 is 0 Å². The van der Waals surface area contributed by atoms with Crippen molar-refractivity contribution in [2.45, 2.75) is 25.8 Å². The van der Waals surface area contributed by atoms with E-state index in [0.717, 1.165) is 12.8 Å². The highest BCUT2D eigenvalue weighted by Gasteiger charge is 2.15. The summed E-state index contributed by atoms with van der Waals surface area (Å²) in [5.41, 5.74) is 5.81. The lowest BCUT2D eigenvalue weighted by atomic mass is 9.90. The molecule has 0 saturated carbocycles. The first-order valence-corrected chi connectivity index (χ1v) is 3.67. The van der Waals surface area contributed by atoms with Crippen molar-refractivity contribution >= 4 is 0 Å². The fourth-order valence-electron chi connectivity index (χ4n) is 1.19. The van der Waals surface area contributed by atoms with E-state index in [4.69, 9.17) is 5.73 Å². The Morgan fingerprint density at radius 2 is 2.10 bits per heavy atom. The first-order valence-electron chi connectivity index (χ1n) is 3.67. The molecule has 1 heteroatoms. The van der Waals surface area contributed by atoms with Gasteiger partial charge in [-0.25, -0.2) is 0 Å². The van der Waals surface area contributed by atoms with E-state index in [9.17, 15) is 0 Å². The van der Waals surface area contributed by atoms with Gasteiger partial charge in [0.25, 0.3) is 0 Å². The molecule has 0 fully saturated rings. The van der Waals surface area contributed by atoms with Crippen LogP contribution < -0.4 is 5.73 Å². The van der Waals surface area contributed by atoms with Gasteiger partial charge in [-0.15, -0.1) is 5.92 Å². The molecule has 2 unspecified atom stereocenters. The minimum atomic E-state index is 0.262. The fraction of sp³-hybridized carbons (Fsp3) is 0.556. The van der Waals surface area contributed by atoms with Gasteiger partial charge < -0.3 is 5.73 Å². The quantitative estimate of drug-likeness (QED) is 0.393. The van der Waals surface area contributed by atoms with Gasteiger partial charge in [0.2, 0.25) is 0 Å². The third-order valence-electron chi connectivity index (χ3n) is 1.81. The zero-order valence-corrected chi connectivity index (χ0v) is 6.30. The van der Waals surface area contributed by atoms with E-state index < -0.39 is 0 Å². The number of nitrogens with two attached hydrogens (primary N) is 1. The summed E-state index contributed by atoms with van der Waals surface area (Å²) in [6.07, 6.45) is 6.32. The van der Waals surface area contributed by atoms with Gasteiger partial charge in [0.15, 0.2) is 0 Å². The second-order valence-corrected chi connectivity index (χ2v) is 2.61. The Balaban J connectivity index is 2.56. The summed E-state index contributed by atoms with van der Waals surface area (Å²) in [5.74, 6) is 6.41. The highest BCUT2D eigenvalue weighted by Crippen LogP contribution is 2.15. The van der Waals surface area contributed by atoms with Gasteiger partial charge in [0, 0.05) is 12.0 Å². The lowest BCUT2D eigenvalue weighted by molar-refractivity contribution is 0.506. The zero-order chi connectivity index (χ0) is 7.40. The topological polar surface area (TPSA) is 26.0 Å². The normalized spacial score (nSPS) is 31.0. The Labute approximate surface area is 62.3 Å². The summed E-state index contributed by atoms with van der Waals surface area (Å²) in [6, 6.07) is 0.262. The van der Waals surface area contributed by atoms with E-state index in [1.807, 2.05) is 6.92 Å². The Hall–Kier alpha value is -0.740. The van der Waals surface area contributed by atoms with Gasteiger partial charge in [0.05, 0.1) is 0 Å². The van der Waals surface area contributed by atoms with E-state index in [2.05, 4.69) is 24.0 Å². The van der Waals surface area contributed by atoms with Gasteiger partial charge in [-0.05, 0) is 19.8 Å². The molecule has 10 heavy (non-hydrogen) atoms. The average Bonchev–Trinajstić information content (AvgIpc) is 1.94. The highest BCUT2D eigenvalue weighted by molar-refractivity contribution is 5.11. The van der Waals surface area contributed by atoms with Crippen molar-refractivity contribution in [3.63, 3.8) is 0 Å². The van der Waals surface area contributed by atoms with Crippen molar-refractivity contribution in [3.8, 4) is 11.8 Å². The number of allylic oxidation sites excluding steroid dienone is 1. The van der Waals surface area contributed by atoms with Gasteiger partial charge in [-0.1, -0.05) is 18.1 Å². The van der Waals surface area contributed by atoms with Crippen LogP contribution in [0.5, 0.6) is 0 Å². The van der Waals surface area contributed by atoms with E-state index in [0.29, 0.717) is 5.92 Å². The molecule has 0 heterocycles. The van der Waals surface area contributed by atoms with Crippen LogP contribution in [0.25, 0.3) is 0 Å². The fourth-order valence-corrected chi connectivity index (χ4v) is 1.19. The zero-order valence-electron chi connectivity index (χ0n) is 6.30. The summed E-state index contributed by atoms with van der Waals surface area (Å²) in [4.78, 5) is 0. The van der Waals surface area contributed by atoms with Crippen molar-refractivity contribution in [3.05, 3.63) is 12.2 Å². The van der Waals surface area contributed by atoms with Crippen LogP contribution >= 0.6 is 0 Å². The lowest BCUT2D eigenvalue weighted by Gasteiger charge is -2.19. The van der Waals surface area contributed by atoms with Gasteiger partial charge in [0.1, 0.15) is 0 Å². The molecule has 0 radical (unpaired) electrons. The van der Waals surface area contributed by atoms with E-state index in [-0.39, 0.29) is 6.04 Å². The SMILES string of the molecule is CC#CC1CC=CCC1N. The van der Waals surface area contributed by atoms with Crippen molar-refractivity contribution in [1.29, 1.82) is 0 Å². The van der Waals surface area contributed by atoms with Crippen LogP contribution in [0.3, 0.4) is 0 Å². The molecule has 1 nitrogen and oxygen atoms in total. The molecule has 0 aromatic carbocycles. The summed E-state index contributed by atoms with van der Waals surface area (Å²) in [7, 11) is 0. The Morgan fingerprint density at radius 1 is 1.40 bits per heavy atom. The van der Waals surface area contributed by atoms with Crippen LogP contribution in [-0.4, -0.2) is 6.04 Å². The summed E-state index contributed by atoms with van der Waals surface area (Å²) in [5, 5.41) is 0. The van der Waals surface area contributed by atoms with Crippen LogP contribution in [0.1, 0.15) is 19.8 Å². The second kappa shape index (κ2) is 3.43. The molecule has 1 aliphatic rings. The largest absolute Gasteiger partial charge is 0.326 e. The molecule has 54 valence electrons. The third kappa shape index (κ3) is 1.62. The van der Waals surface area contributed by atoms with Crippen molar-refractivity contribution in [2.75, 3.05) is 0 Å². The second-order valence-electron chi connectivity index (χ2n) is 2.61. The molecule has 1 aliphatic carbocycles. The predicted octanol–water partition coefficient (Wildman–Crippen LogP) is 1.30. The summed E-state index contributed by atoms with van der Waals surface area (Å²) >= 11 is 0. The summed E-state index contributed by atoms with van der Waals surface area (Å²) < 4.78 is 0. The number of hydrogen-bond acceptors (Lipinski definition) is 1. The lowest BCUT2D eigenvalue weighted by Crippen LogP contribution is -2.30. The maximum absolute atomic E-state index is 5.81. The molecule has 1 rings (SSSR count). The first kappa shape index (κ1) is 7.37. The van der Waals surface area contributed by atoms with E-state index in [1.54, 1.807) is 0 Å². The minimum absolute atomic E-state index is 0.262. The summed E-state index contributed by atoms with van der Waals surface area (Å²) in [6.45, 7) is 1.87. The predicted molar refractivity (Wildman–Crippen MR) is 43.3 cm³/mol. The molecule has 0 spiro atoms. The first-order chi connectivity index (χ1) is 4.84. The molecule has 0 aromatic heterocycles. The molecular formula is C9H13N. The van der Waals surface area contributed by atoms with E-state index >= 15 is 0 Å². The van der Waals surface area contributed by atoms with Gasteiger partial charge in [-0.2, -0.15) is 0 Å². The van der Waals surface area contributed by atoms with Gasteiger partial charge in [-0.3, -0.25) is 0 Å². The molecule has 0 bridgehead atoms. The van der Waals surface area contributed by atoms with Crippen molar-refractivity contribution < 1.29 is 0 Å². The number of rotatable bonds is 0. The highest BCUT2D eigenvalue weighted by atomic mass is 14.6. The van der Waals surface area contributed by atoms with Crippen LogP contribution in [0.2, 0.25) is 0 Å². The third-order valence-corrected chi connectivity index (χ3v) is 1.81. The maximum Gasteiger partial charge on any atom is 0.0391 e. The standard InChI is InChI=1S/C9H13N/c1-2-5-8-6-3-4-7-9(8)10/h3-4,8-9H,6-7,10H2,1H3. The minimum Gasteiger partial charge on any atom is -0.326 e. The monoisotopic (exact) mass is 135 g/mol. The average molecular weight is 135 g/mol. The van der Waals surface area contributed by atoms with Crippen LogP contribution in [-0.2, 0) is 0 Å². The number of hydrogen-bond donors (Lipinski definition) is 1. The molecule has 0 aliphatic heterocycles. The molecule has 2 atom stereocenters. The Kier molecular flexibility index (Phi) is 2.53. The van der Waals surface area contributed by atoms with E-state index in [1.165, 1.54) is 0 Å². The molecular weight excluding hydrogens is 122 g/mol. The van der Waals surface area contributed by atoms with Crippen LogP contribution in [0.15, 0.2) is 12.2 Å². The van der Waals surface area contributed by atoms with Crippen molar-refractivity contribution in [2.24, 2.45) is 11.7 Å². The molecule has 0 saturated heterocycles. The molecule has 0 amide bonds. The van der Waals surface area contributed by atoms with Crippen LogP contribution in [0.4, 0.5) is 0 Å². The Morgan fingerprint density at radius 3 is 2.70 bits per heavy atom. The van der Waals surface area contributed by atoms with Crippen molar-refractivity contribution in [1.82, 2.24) is 0 Å². The molecule has 2 N–H and O–H groups in total. The Bertz CT molecular complexity index is 183. The van der Waals surface area contributed by atoms with Crippen LogP contribution in [0, 0.1) is 17.8 Å². The maximum atomic E-state index is 5.81. The molecule has 0 aromatic rings. The smallest absolute Gasteiger partial charge is 0.0391 e.